The molecule has 1 aliphatic rings. The van der Waals surface area contributed by atoms with E-state index in [1.54, 1.807) is 24.0 Å². The summed E-state index contributed by atoms with van der Waals surface area (Å²) >= 11 is 0. The number of phenols is 2. The van der Waals surface area contributed by atoms with E-state index >= 15 is 0 Å². The van der Waals surface area contributed by atoms with Gasteiger partial charge in [0.1, 0.15) is 17.1 Å². The average molecular weight is 355 g/mol. The number of likely N-dealkylation sites (tertiary alicyclic amines) is 1. The Morgan fingerprint density at radius 2 is 1.77 bits per heavy atom. The number of carbonyl (C=O) groups excluding carboxylic acids is 1. The van der Waals surface area contributed by atoms with Crippen molar-refractivity contribution in [2.75, 3.05) is 13.1 Å². The number of hydrogen-bond donors (Lipinski definition) is 3. The van der Waals surface area contributed by atoms with E-state index in [9.17, 15) is 20.1 Å². The van der Waals surface area contributed by atoms with Gasteiger partial charge in [-0.3, -0.25) is 4.79 Å². The van der Waals surface area contributed by atoms with Crippen LogP contribution in [0.4, 0.5) is 0 Å². The minimum atomic E-state index is -1.44. The van der Waals surface area contributed by atoms with Crippen LogP contribution in [0.15, 0.2) is 48.5 Å². The zero-order chi connectivity index (χ0) is 18.7. The van der Waals surface area contributed by atoms with Gasteiger partial charge < -0.3 is 20.2 Å². The zero-order valence-corrected chi connectivity index (χ0v) is 14.9. The Bertz CT molecular complexity index is 765. The summed E-state index contributed by atoms with van der Waals surface area (Å²) in [7, 11) is 0. The number of piperidine rings is 1. The molecule has 1 fully saturated rings. The number of aromatic hydroxyl groups is 2. The standard InChI is InChI=1S/C21H25NO4/c1-21(26,14-15-5-3-2-4-6-15)20(25)22-11-9-16(10-12-22)18-8-7-17(23)13-19(18)24/h2-8,13,16,23-24,26H,9-12,14H2,1H3/t21-/m1/s1. The highest BCUT2D eigenvalue weighted by Crippen LogP contribution is 2.36. The molecule has 2 aromatic carbocycles. The first-order valence-corrected chi connectivity index (χ1v) is 8.94. The molecule has 3 rings (SSSR count). The van der Waals surface area contributed by atoms with Crippen LogP contribution in [0, 0.1) is 0 Å². The van der Waals surface area contributed by atoms with E-state index in [0.717, 1.165) is 11.1 Å². The first kappa shape index (κ1) is 18.3. The van der Waals surface area contributed by atoms with Gasteiger partial charge in [0.25, 0.3) is 5.91 Å². The molecular formula is C21H25NO4. The summed E-state index contributed by atoms with van der Waals surface area (Å²) in [4.78, 5) is 14.5. The Morgan fingerprint density at radius 1 is 1.12 bits per heavy atom. The fourth-order valence-corrected chi connectivity index (χ4v) is 3.68. The highest BCUT2D eigenvalue weighted by Gasteiger charge is 2.36. The van der Waals surface area contributed by atoms with Crippen LogP contribution in [-0.4, -0.2) is 44.8 Å². The van der Waals surface area contributed by atoms with Crippen molar-refractivity contribution in [2.45, 2.75) is 37.7 Å². The third-order valence-corrected chi connectivity index (χ3v) is 5.09. The molecule has 0 spiro atoms. The van der Waals surface area contributed by atoms with Crippen LogP contribution >= 0.6 is 0 Å². The Morgan fingerprint density at radius 3 is 2.38 bits per heavy atom. The van der Waals surface area contributed by atoms with E-state index in [1.807, 2.05) is 30.3 Å². The van der Waals surface area contributed by atoms with E-state index < -0.39 is 5.60 Å². The predicted octanol–water partition coefficient (Wildman–Crippen LogP) is 2.80. The number of amides is 1. The van der Waals surface area contributed by atoms with Crippen LogP contribution < -0.4 is 0 Å². The van der Waals surface area contributed by atoms with Crippen LogP contribution in [0.2, 0.25) is 0 Å². The van der Waals surface area contributed by atoms with Crippen molar-refractivity contribution in [1.29, 1.82) is 0 Å². The van der Waals surface area contributed by atoms with Gasteiger partial charge in [0.2, 0.25) is 0 Å². The molecule has 0 radical (unpaired) electrons. The van der Waals surface area contributed by atoms with Crippen molar-refractivity contribution >= 4 is 5.91 Å². The normalized spacial score (nSPS) is 17.7. The molecular weight excluding hydrogens is 330 g/mol. The highest BCUT2D eigenvalue weighted by atomic mass is 16.3. The van der Waals surface area contributed by atoms with Gasteiger partial charge in [0, 0.05) is 25.6 Å². The second-order valence-electron chi connectivity index (χ2n) is 7.25. The van der Waals surface area contributed by atoms with Gasteiger partial charge in [-0.25, -0.2) is 0 Å². The molecule has 1 saturated heterocycles. The van der Waals surface area contributed by atoms with Crippen molar-refractivity contribution in [3.63, 3.8) is 0 Å². The molecule has 0 aromatic heterocycles. The molecule has 5 heteroatoms. The van der Waals surface area contributed by atoms with Gasteiger partial charge in [-0.05, 0) is 42.9 Å². The molecule has 0 unspecified atom stereocenters. The van der Waals surface area contributed by atoms with E-state index in [-0.39, 0.29) is 29.7 Å². The van der Waals surface area contributed by atoms with Crippen LogP contribution in [0.3, 0.4) is 0 Å². The number of nitrogens with zero attached hydrogens (tertiary/aromatic N) is 1. The second kappa shape index (κ2) is 7.38. The van der Waals surface area contributed by atoms with E-state index in [1.165, 1.54) is 6.07 Å². The van der Waals surface area contributed by atoms with E-state index in [4.69, 9.17) is 0 Å². The smallest absolute Gasteiger partial charge is 0.254 e. The lowest BCUT2D eigenvalue weighted by atomic mass is 9.87. The number of phenolic OH excluding ortho intramolecular Hbond substituents is 2. The number of aliphatic hydroxyl groups is 1. The third kappa shape index (κ3) is 3.99. The maximum atomic E-state index is 12.8. The number of carbonyl (C=O) groups is 1. The Hall–Kier alpha value is -2.53. The molecule has 1 amide bonds. The molecule has 26 heavy (non-hydrogen) atoms. The van der Waals surface area contributed by atoms with Crippen LogP contribution in [0.1, 0.15) is 36.8 Å². The largest absolute Gasteiger partial charge is 0.508 e. The Kier molecular flexibility index (Phi) is 5.18. The molecule has 1 heterocycles. The van der Waals surface area contributed by atoms with Gasteiger partial charge in [0.15, 0.2) is 0 Å². The number of hydrogen-bond acceptors (Lipinski definition) is 4. The van der Waals surface area contributed by atoms with Gasteiger partial charge in [-0.1, -0.05) is 36.4 Å². The number of rotatable bonds is 4. The average Bonchev–Trinajstić information content (AvgIpc) is 2.62. The Balaban J connectivity index is 1.62. The van der Waals surface area contributed by atoms with Crippen molar-refractivity contribution in [1.82, 2.24) is 4.90 Å². The molecule has 138 valence electrons. The lowest BCUT2D eigenvalue weighted by Crippen LogP contribution is -2.50. The van der Waals surface area contributed by atoms with Crippen molar-refractivity contribution < 1.29 is 20.1 Å². The van der Waals surface area contributed by atoms with Crippen LogP contribution in [0.5, 0.6) is 11.5 Å². The van der Waals surface area contributed by atoms with Gasteiger partial charge in [-0.15, -0.1) is 0 Å². The SMILES string of the molecule is C[C@@](O)(Cc1ccccc1)C(=O)N1CCC(c2ccc(O)cc2O)CC1. The van der Waals surface area contributed by atoms with E-state index in [0.29, 0.717) is 25.9 Å². The van der Waals surface area contributed by atoms with Crippen molar-refractivity contribution in [3.8, 4) is 11.5 Å². The summed E-state index contributed by atoms with van der Waals surface area (Å²) in [5.74, 6) is 0.00938. The van der Waals surface area contributed by atoms with Gasteiger partial charge in [-0.2, -0.15) is 0 Å². The van der Waals surface area contributed by atoms with Crippen molar-refractivity contribution in [3.05, 3.63) is 59.7 Å². The van der Waals surface area contributed by atoms with Gasteiger partial charge >= 0.3 is 0 Å². The highest BCUT2D eigenvalue weighted by molar-refractivity contribution is 5.85. The van der Waals surface area contributed by atoms with Crippen molar-refractivity contribution in [2.24, 2.45) is 0 Å². The summed E-state index contributed by atoms with van der Waals surface area (Å²) in [6.07, 6.45) is 1.71. The molecule has 5 nitrogen and oxygen atoms in total. The molecule has 3 N–H and O–H groups in total. The first-order valence-electron chi connectivity index (χ1n) is 8.94. The Labute approximate surface area is 153 Å². The quantitative estimate of drug-likeness (QED) is 0.788. The lowest BCUT2D eigenvalue weighted by molar-refractivity contribution is -0.150. The summed E-state index contributed by atoms with van der Waals surface area (Å²) in [5, 5.41) is 30.1. The molecule has 1 atom stereocenters. The summed E-state index contributed by atoms with van der Waals surface area (Å²) in [5.41, 5.74) is 0.287. The zero-order valence-electron chi connectivity index (χ0n) is 14.9. The summed E-state index contributed by atoms with van der Waals surface area (Å²) in [6.45, 7) is 2.64. The minimum Gasteiger partial charge on any atom is -0.508 e. The fourth-order valence-electron chi connectivity index (χ4n) is 3.68. The second-order valence-corrected chi connectivity index (χ2v) is 7.25. The fraction of sp³-hybridized carbons (Fsp3) is 0.381. The summed E-state index contributed by atoms with van der Waals surface area (Å²) < 4.78 is 0. The van der Waals surface area contributed by atoms with Crippen LogP contribution in [-0.2, 0) is 11.2 Å². The summed E-state index contributed by atoms with van der Waals surface area (Å²) in [6, 6.07) is 14.1. The molecule has 0 saturated carbocycles. The molecule has 1 aliphatic heterocycles. The molecule has 2 aromatic rings. The topological polar surface area (TPSA) is 81.0 Å². The van der Waals surface area contributed by atoms with Gasteiger partial charge in [0.05, 0.1) is 0 Å². The van der Waals surface area contributed by atoms with E-state index in [2.05, 4.69) is 0 Å². The minimum absolute atomic E-state index is 0.0378. The molecule has 0 bridgehead atoms. The monoisotopic (exact) mass is 355 g/mol. The van der Waals surface area contributed by atoms with Crippen LogP contribution in [0.25, 0.3) is 0 Å². The molecule has 0 aliphatic carbocycles. The third-order valence-electron chi connectivity index (χ3n) is 5.09. The maximum absolute atomic E-state index is 12.8. The maximum Gasteiger partial charge on any atom is 0.254 e. The lowest BCUT2D eigenvalue weighted by Gasteiger charge is -2.36. The number of benzene rings is 2. The first-order chi connectivity index (χ1) is 12.4. The predicted molar refractivity (Wildman–Crippen MR) is 99.1 cm³/mol.